The van der Waals surface area contributed by atoms with Crippen molar-refractivity contribution in [3.63, 3.8) is 0 Å². The van der Waals surface area contributed by atoms with Crippen LogP contribution < -0.4 is 10.6 Å². The lowest BCUT2D eigenvalue weighted by Gasteiger charge is -2.31. The van der Waals surface area contributed by atoms with Gasteiger partial charge in [0.15, 0.2) is 5.82 Å². The summed E-state index contributed by atoms with van der Waals surface area (Å²) in [5, 5.41) is 21.2. The number of anilines is 2. The van der Waals surface area contributed by atoms with Crippen LogP contribution in [0.4, 0.5) is 11.4 Å². The van der Waals surface area contributed by atoms with E-state index in [0.29, 0.717) is 5.82 Å². The number of tetrazole rings is 1. The molecule has 7 heteroatoms. The molecule has 2 aromatic carbocycles. The number of pyridine rings is 1. The summed E-state index contributed by atoms with van der Waals surface area (Å²) < 4.78 is 0. The van der Waals surface area contributed by atoms with Gasteiger partial charge in [-0.2, -0.15) is 0 Å². The van der Waals surface area contributed by atoms with Crippen LogP contribution in [0.2, 0.25) is 0 Å². The Morgan fingerprint density at radius 2 is 1.88 bits per heavy atom. The molecule has 0 bridgehead atoms. The molecule has 3 N–H and O–H groups in total. The average Bonchev–Trinajstić information content (AvgIpc) is 3.23. The monoisotopic (exact) mass is 341 g/mol. The predicted molar refractivity (Wildman–Crippen MR) is 99.3 cm³/mol. The molecule has 0 fully saturated rings. The molecule has 1 unspecified atom stereocenters. The number of hydrogen-bond acceptors (Lipinski definition) is 6. The van der Waals surface area contributed by atoms with Gasteiger partial charge >= 0.3 is 0 Å². The van der Waals surface area contributed by atoms with Crippen molar-refractivity contribution in [3.8, 4) is 22.5 Å². The van der Waals surface area contributed by atoms with Gasteiger partial charge in [-0.3, -0.25) is 4.98 Å². The minimum atomic E-state index is -0.0639. The molecule has 3 heterocycles. The van der Waals surface area contributed by atoms with Gasteiger partial charge in [-0.1, -0.05) is 30.3 Å². The standard InChI is InChI=1S/C19H15N7/c1-2-4-13(5-3-1)21-19-15-8-9-20-11-16(15)14-7-6-12(10-17(14)22-19)18-23-25-26-24-18/h1-11,19,21-22H,(H,23,24,25,26). The second-order valence-electron chi connectivity index (χ2n) is 6.06. The maximum atomic E-state index is 4.32. The molecule has 0 spiro atoms. The second-order valence-corrected chi connectivity index (χ2v) is 6.06. The van der Waals surface area contributed by atoms with Crippen LogP contribution in [0.25, 0.3) is 22.5 Å². The van der Waals surface area contributed by atoms with Gasteiger partial charge in [0.1, 0.15) is 6.17 Å². The minimum absolute atomic E-state index is 0.0639. The van der Waals surface area contributed by atoms with Gasteiger partial charge in [0.05, 0.1) is 0 Å². The van der Waals surface area contributed by atoms with Crippen LogP contribution in [-0.2, 0) is 0 Å². The van der Waals surface area contributed by atoms with E-state index in [0.717, 1.165) is 33.6 Å². The van der Waals surface area contributed by atoms with E-state index in [1.165, 1.54) is 0 Å². The van der Waals surface area contributed by atoms with Crippen LogP contribution >= 0.6 is 0 Å². The molecule has 26 heavy (non-hydrogen) atoms. The van der Waals surface area contributed by atoms with Crippen LogP contribution in [0, 0.1) is 0 Å². The molecule has 0 radical (unpaired) electrons. The number of H-pyrrole nitrogens is 1. The summed E-state index contributed by atoms with van der Waals surface area (Å²) in [6.45, 7) is 0. The number of nitrogens with zero attached hydrogens (tertiary/aromatic N) is 4. The maximum Gasteiger partial charge on any atom is 0.179 e. The zero-order valence-corrected chi connectivity index (χ0v) is 13.7. The smallest absolute Gasteiger partial charge is 0.179 e. The van der Waals surface area contributed by atoms with Gasteiger partial charge < -0.3 is 10.6 Å². The molecule has 5 rings (SSSR count). The minimum Gasteiger partial charge on any atom is -0.362 e. The highest BCUT2D eigenvalue weighted by molar-refractivity contribution is 5.86. The highest BCUT2D eigenvalue weighted by Gasteiger charge is 2.24. The molecule has 7 nitrogen and oxygen atoms in total. The molecule has 0 aliphatic carbocycles. The molecule has 0 saturated heterocycles. The van der Waals surface area contributed by atoms with Crippen LogP contribution in [0.5, 0.6) is 0 Å². The molecular formula is C19H15N7. The Morgan fingerprint density at radius 1 is 0.962 bits per heavy atom. The van der Waals surface area contributed by atoms with E-state index in [1.807, 2.05) is 48.8 Å². The van der Waals surface area contributed by atoms with Crippen molar-refractivity contribution >= 4 is 11.4 Å². The Kier molecular flexibility index (Phi) is 3.35. The van der Waals surface area contributed by atoms with Gasteiger partial charge in [0.25, 0.3) is 0 Å². The summed E-state index contributed by atoms with van der Waals surface area (Å²) in [6.07, 6.45) is 3.66. The van der Waals surface area contributed by atoms with E-state index >= 15 is 0 Å². The van der Waals surface area contributed by atoms with Gasteiger partial charge in [-0.15, -0.1) is 5.10 Å². The lowest BCUT2D eigenvalue weighted by Crippen LogP contribution is -2.24. The van der Waals surface area contributed by atoms with E-state index in [2.05, 4.69) is 54.4 Å². The predicted octanol–water partition coefficient (Wildman–Crippen LogP) is 3.46. The molecule has 126 valence electrons. The van der Waals surface area contributed by atoms with Crippen molar-refractivity contribution in [2.24, 2.45) is 0 Å². The van der Waals surface area contributed by atoms with Crippen LogP contribution in [-0.4, -0.2) is 25.6 Å². The average molecular weight is 341 g/mol. The first-order valence-electron chi connectivity index (χ1n) is 8.29. The lowest BCUT2D eigenvalue weighted by atomic mass is 9.93. The highest BCUT2D eigenvalue weighted by Crippen LogP contribution is 2.41. The Hall–Kier alpha value is -3.74. The normalized spacial score (nSPS) is 14.8. The van der Waals surface area contributed by atoms with Gasteiger partial charge in [-0.25, -0.2) is 5.10 Å². The fourth-order valence-corrected chi connectivity index (χ4v) is 3.26. The Morgan fingerprint density at radius 3 is 2.73 bits per heavy atom. The van der Waals surface area contributed by atoms with E-state index in [-0.39, 0.29) is 6.17 Å². The summed E-state index contributed by atoms with van der Waals surface area (Å²) in [5.74, 6) is 0.638. The summed E-state index contributed by atoms with van der Waals surface area (Å²) in [5.41, 5.74) is 6.35. The quantitative estimate of drug-likeness (QED) is 0.528. The van der Waals surface area contributed by atoms with E-state index in [9.17, 15) is 0 Å². The number of fused-ring (bicyclic) bond motifs is 3. The summed E-state index contributed by atoms with van der Waals surface area (Å²) in [6, 6.07) is 18.3. The first-order valence-corrected chi connectivity index (χ1v) is 8.29. The number of nitrogens with one attached hydrogen (secondary N) is 3. The van der Waals surface area contributed by atoms with Gasteiger partial charge in [-0.05, 0) is 34.7 Å². The molecule has 2 aromatic heterocycles. The Labute approximate surface area is 149 Å². The number of benzene rings is 2. The van der Waals surface area contributed by atoms with Crippen molar-refractivity contribution in [2.75, 3.05) is 10.6 Å². The number of aromatic amines is 1. The molecule has 1 aliphatic rings. The van der Waals surface area contributed by atoms with Crippen LogP contribution in [0.3, 0.4) is 0 Å². The molecule has 1 aliphatic heterocycles. The fourth-order valence-electron chi connectivity index (χ4n) is 3.26. The summed E-state index contributed by atoms with van der Waals surface area (Å²) in [4.78, 5) is 4.32. The fraction of sp³-hybridized carbons (Fsp3) is 0.0526. The van der Waals surface area contributed by atoms with Gasteiger partial charge in [0, 0.05) is 46.0 Å². The topological polar surface area (TPSA) is 91.4 Å². The third kappa shape index (κ3) is 2.46. The number of aromatic nitrogens is 5. The highest BCUT2D eigenvalue weighted by atomic mass is 15.5. The first-order chi connectivity index (χ1) is 12.9. The largest absolute Gasteiger partial charge is 0.362 e. The first kappa shape index (κ1) is 14.6. The van der Waals surface area contributed by atoms with E-state index in [4.69, 9.17) is 0 Å². The molecule has 0 saturated carbocycles. The van der Waals surface area contributed by atoms with Crippen LogP contribution in [0.15, 0.2) is 67.0 Å². The second kappa shape index (κ2) is 5.96. The van der Waals surface area contributed by atoms with Crippen molar-refractivity contribution in [1.82, 2.24) is 25.6 Å². The third-order valence-corrected chi connectivity index (χ3v) is 4.48. The van der Waals surface area contributed by atoms with Crippen molar-refractivity contribution < 1.29 is 0 Å². The summed E-state index contributed by atoms with van der Waals surface area (Å²) in [7, 11) is 0. The summed E-state index contributed by atoms with van der Waals surface area (Å²) >= 11 is 0. The Bertz CT molecular complexity index is 1040. The van der Waals surface area contributed by atoms with Gasteiger partial charge in [0.2, 0.25) is 0 Å². The molecule has 4 aromatic rings. The van der Waals surface area contributed by atoms with Crippen molar-refractivity contribution in [1.29, 1.82) is 0 Å². The van der Waals surface area contributed by atoms with E-state index < -0.39 is 0 Å². The van der Waals surface area contributed by atoms with Crippen molar-refractivity contribution in [2.45, 2.75) is 6.17 Å². The SMILES string of the molecule is c1ccc(NC2Nc3cc(-c4nnn[nH]4)ccc3-c3cnccc32)cc1. The number of para-hydroxylation sites is 1. The zero-order valence-electron chi connectivity index (χ0n) is 13.7. The molecule has 0 amide bonds. The zero-order chi connectivity index (χ0) is 17.3. The third-order valence-electron chi connectivity index (χ3n) is 4.48. The maximum absolute atomic E-state index is 4.32. The number of hydrogen-bond donors (Lipinski definition) is 3. The molecular weight excluding hydrogens is 326 g/mol. The van der Waals surface area contributed by atoms with Crippen molar-refractivity contribution in [3.05, 3.63) is 72.6 Å². The molecule has 1 atom stereocenters. The Balaban J connectivity index is 1.58. The number of rotatable bonds is 3. The van der Waals surface area contributed by atoms with Crippen LogP contribution in [0.1, 0.15) is 11.7 Å². The lowest BCUT2D eigenvalue weighted by molar-refractivity contribution is 0.881. The van der Waals surface area contributed by atoms with E-state index in [1.54, 1.807) is 0 Å².